The highest BCUT2D eigenvalue weighted by atomic mass is 35.5. The van der Waals surface area contributed by atoms with Crippen LogP contribution in [0.15, 0.2) is 76.2 Å². The molecule has 0 aliphatic heterocycles. The summed E-state index contributed by atoms with van der Waals surface area (Å²) in [6.45, 7) is 0. The largest absolute Gasteiger partial charge is 0.444 e. The summed E-state index contributed by atoms with van der Waals surface area (Å²) in [7, 11) is 0. The average Bonchev–Trinajstić information content (AvgIpc) is 2.97. The van der Waals surface area contributed by atoms with Crippen molar-refractivity contribution in [3.8, 4) is 11.3 Å². The number of carbonyl (C=O) groups excluding carboxylic acids is 1. The first kappa shape index (κ1) is 15.1. The van der Waals surface area contributed by atoms with Crippen LogP contribution >= 0.6 is 11.6 Å². The van der Waals surface area contributed by atoms with Crippen molar-refractivity contribution in [3.05, 3.63) is 83.1 Å². The Bertz CT molecular complexity index is 827. The molecule has 0 aliphatic rings. The van der Waals surface area contributed by atoms with Crippen LogP contribution in [0.4, 0.5) is 0 Å². The van der Waals surface area contributed by atoms with E-state index in [2.05, 4.69) is 10.5 Å². The van der Waals surface area contributed by atoms with Crippen LogP contribution in [-0.4, -0.2) is 12.1 Å². The molecular formula is C18H13ClN2O2. The first-order valence-electron chi connectivity index (χ1n) is 6.97. The first-order valence-corrected chi connectivity index (χ1v) is 7.35. The Morgan fingerprint density at radius 2 is 1.70 bits per heavy atom. The molecule has 0 bridgehead atoms. The number of hydrogen-bond acceptors (Lipinski definition) is 3. The highest BCUT2D eigenvalue weighted by Gasteiger charge is 2.09. The van der Waals surface area contributed by atoms with Gasteiger partial charge in [-0.3, -0.25) is 4.79 Å². The van der Waals surface area contributed by atoms with Gasteiger partial charge in [-0.25, -0.2) is 5.43 Å². The highest BCUT2D eigenvalue weighted by molar-refractivity contribution is 6.31. The maximum absolute atomic E-state index is 11.9. The summed E-state index contributed by atoms with van der Waals surface area (Å²) in [6.07, 6.45) is 1.46. The van der Waals surface area contributed by atoms with Gasteiger partial charge in [-0.1, -0.05) is 48.5 Å². The van der Waals surface area contributed by atoms with E-state index in [-0.39, 0.29) is 11.1 Å². The number of benzene rings is 2. The van der Waals surface area contributed by atoms with Crippen molar-refractivity contribution in [1.29, 1.82) is 0 Å². The zero-order valence-corrected chi connectivity index (χ0v) is 12.8. The molecule has 4 nitrogen and oxygen atoms in total. The minimum atomic E-state index is -0.287. The van der Waals surface area contributed by atoms with Crippen LogP contribution in [-0.2, 0) is 0 Å². The summed E-state index contributed by atoms with van der Waals surface area (Å²) >= 11 is 6.06. The van der Waals surface area contributed by atoms with Crippen LogP contribution in [0.3, 0.4) is 0 Å². The van der Waals surface area contributed by atoms with Crippen LogP contribution in [0.25, 0.3) is 11.3 Å². The Labute approximate surface area is 138 Å². The summed E-state index contributed by atoms with van der Waals surface area (Å²) in [5.74, 6) is 0.358. The summed E-state index contributed by atoms with van der Waals surface area (Å²) in [5.41, 5.74) is 4.50. The lowest BCUT2D eigenvalue weighted by molar-refractivity contribution is 0.0955. The van der Waals surface area contributed by atoms with Crippen LogP contribution < -0.4 is 5.43 Å². The molecule has 0 saturated carbocycles. The normalized spacial score (nSPS) is 10.8. The third-order valence-corrected chi connectivity index (χ3v) is 3.47. The lowest BCUT2D eigenvalue weighted by Gasteiger charge is -1.97. The van der Waals surface area contributed by atoms with Crippen LogP contribution in [0, 0.1) is 0 Å². The molecule has 0 spiro atoms. The fourth-order valence-electron chi connectivity index (χ4n) is 2.03. The van der Waals surface area contributed by atoms with Gasteiger partial charge in [0.05, 0.1) is 11.8 Å². The van der Waals surface area contributed by atoms with Crippen LogP contribution in [0.2, 0.25) is 5.22 Å². The van der Waals surface area contributed by atoms with Gasteiger partial charge in [-0.2, -0.15) is 5.10 Å². The minimum Gasteiger partial charge on any atom is -0.444 e. The van der Waals surface area contributed by atoms with Crippen molar-refractivity contribution >= 4 is 23.7 Å². The molecule has 1 amide bonds. The van der Waals surface area contributed by atoms with Gasteiger partial charge in [-0.15, -0.1) is 0 Å². The van der Waals surface area contributed by atoms with E-state index in [9.17, 15) is 4.79 Å². The molecule has 1 aromatic heterocycles. The Balaban J connectivity index is 1.71. The van der Waals surface area contributed by atoms with Gasteiger partial charge in [0.25, 0.3) is 5.91 Å². The van der Waals surface area contributed by atoms with Crippen molar-refractivity contribution in [3.63, 3.8) is 0 Å². The topological polar surface area (TPSA) is 54.6 Å². The number of nitrogens with zero attached hydrogens (tertiary/aromatic N) is 1. The number of carbonyl (C=O) groups is 1. The number of hydrogen-bond donors (Lipinski definition) is 1. The van der Waals surface area contributed by atoms with Crippen LogP contribution in [0.1, 0.15) is 15.9 Å². The van der Waals surface area contributed by atoms with Gasteiger partial charge in [-0.05, 0) is 29.8 Å². The first-order chi connectivity index (χ1) is 11.2. The Hall–Kier alpha value is -2.85. The number of furan rings is 1. The fourth-order valence-corrected chi connectivity index (χ4v) is 2.22. The van der Waals surface area contributed by atoms with Gasteiger partial charge in [0.2, 0.25) is 5.22 Å². The van der Waals surface area contributed by atoms with E-state index in [1.54, 1.807) is 30.3 Å². The second-order valence-corrected chi connectivity index (χ2v) is 5.11. The zero-order chi connectivity index (χ0) is 16.1. The maximum atomic E-state index is 11.9. The van der Waals surface area contributed by atoms with Gasteiger partial charge < -0.3 is 4.42 Å². The molecule has 3 aromatic rings. The molecule has 3 rings (SSSR count). The third kappa shape index (κ3) is 3.67. The van der Waals surface area contributed by atoms with Crippen molar-refractivity contribution in [2.45, 2.75) is 0 Å². The predicted molar refractivity (Wildman–Crippen MR) is 90.7 cm³/mol. The van der Waals surface area contributed by atoms with Gasteiger partial charge in [0.15, 0.2) is 0 Å². The summed E-state index contributed by atoms with van der Waals surface area (Å²) in [5, 5.41) is 4.14. The van der Waals surface area contributed by atoms with E-state index in [0.29, 0.717) is 16.9 Å². The number of hydrazone groups is 1. The number of halogens is 1. The molecule has 2 aromatic carbocycles. The lowest BCUT2D eigenvalue weighted by atomic mass is 10.1. The van der Waals surface area contributed by atoms with Crippen molar-refractivity contribution in [2.75, 3.05) is 0 Å². The molecule has 0 radical (unpaired) electrons. The van der Waals surface area contributed by atoms with E-state index in [0.717, 1.165) is 5.56 Å². The molecule has 0 saturated heterocycles. The van der Waals surface area contributed by atoms with Crippen molar-refractivity contribution < 1.29 is 9.21 Å². The average molecular weight is 325 g/mol. The van der Waals surface area contributed by atoms with E-state index in [1.807, 2.05) is 36.4 Å². The fraction of sp³-hybridized carbons (Fsp3) is 0. The van der Waals surface area contributed by atoms with E-state index in [4.69, 9.17) is 16.0 Å². The van der Waals surface area contributed by atoms with Crippen molar-refractivity contribution in [2.24, 2.45) is 5.10 Å². The lowest BCUT2D eigenvalue weighted by Crippen LogP contribution is -2.17. The van der Waals surface area contributed by atoms with Crippen molar-refractivity contribution in [1.82, 2.24) is 5.43 Å². The van der Waals surface area contributed by atoms with E-state index < -0.39 is 0 Å². The predicted octanol–water partition coefficient (Wildman–Crippen LogP) is 4.36. The standard InChI is InChI=1S/C18H13ClN2O2/c19-17-15(11-16(23-17)13-7-3-1-4-8-13)12-20-21-18(22)14-9-5-2-6-10-14/h1-12H,(H,21,22). The highest BCUT2D eigenvalue weighted by Crippen LogP contribution is 2.27. The SMILES string of the molecule is O=C(NN=Cc1cc(-c2ccccc2)oc1Cl)c1ccccc1. The second-order valence-electron chi connectivity index (χ2n) is 4.77. The molecule has 0 aliphatic carbocycles. The number of amides is 1. The van der Waals surface area contributed by atoms with E-state index >= 15 is 0 Å². The molecule has 0 atom stereocenters. The third-order valence-electron chi connectivity index (χ3n) is 3.18. The summed E-state index contributed by atoms with van der Waals surface area (Å²) in [6, 6.07) is 20.2. The minimum absolute atomic E-state index is 0.224. The molecule has 23 heavy (non-hydrogen) atoms. The smallest absolute Gasteiger partial charge is 0.271 e. The zero-order valence-electron chi connectivity index (χ0n) is 12.1. The van der Waals surface area contributed by atoms with Gasteiger partial charge in [0.1, 0.15) is 5.76 Å². The molecule has 0 fully saturated rings. The Kier molecular flexibility index (Phi) is 4.54. The molecular weight excluding hydrogens is 312 g/mol. The molecule has 0 unspecified atom stereocenters. The second kappa shape index (κ2) is 6.94. The Morgan fingerprint density at radius 3 is 2.39 bits per heavy atom. The Morgan fingerprint density at radius 1 is 1.04 bits per heavy atom. The molecule has 1 N–H and O–H groups in total. The quantitative estimate of drug-likeness (QED) is 0.572. The number of rotatable bonds is 4. The van der Waals surface area contributed by atoms with Gasteiger partial charge >= 0.3 is 0 Å². The number of nitrogens with one attached hydrogen (secondary N) is 1. The van der Waals surface area contributed by atoms with E-state index in [1.165, 1.54) is 6.21 Å². The molecule has 5 heteroatoms. The monoisotopic (exact) mass is 324 g/mol. The molecule has 114 valence electrons. The van der Waals surface area contributed by atoms with Gasteiger partial charge in [0, 0.05) is 11.1 Å². The summed E-state index contributed by atoms with van der Waals surface area (Å²) < 4.78 is 5.50. The maximum Gasteiger partial charge on any atom is 0.271 e. The molecule has 1 heterocycles. The summed E-state index contributed by atoms with van der Waals surface area (Å²) in [4.78, 5) is 11.9. The van der Waals surface area contributed by atoms with Crippen LogP contribution in [0.5, 0.6) is 0 Å².